The molecule has 0 saturated heterocycles. The van der Waals surface area contributed by atoms with E-state index >= 15 is 0 Å². The SMILES string of the molecule is ClC1(c2cccc(-c3cnn(-c4cccnc4)c3)n2)CC1. The maximum atomic E-state index is 6.44. The first-order valence-corrected chi connectivity index (χ1v) is 7.24. The molecule has 3 aromatic heterocycles. The maximum Gasteiger partial charge on any atom is 0.0867 e. The molecule has 1 saturated carbocycles. The summed E-state index contributed by atoms with van der Waals surface area (Å²) in [6.07, 6.45) is 9.29. The van der Waals surface area contributed by atoms with Crippen LogP contribution >= 0.6 is 11.6 Å². The molecule has 0 spiro atoms. The fourth-order valence-corrected chi connectivity index (χ4v) is 2.50. The van der Waals surface area contributed by atoms with Gasteiger partial charge in [0.2, 0.25) is 0 Å². The van der Waals surface area contributed by atoms with Crippen LogP contribution in [0.1, 0.15) is 18.5 Å². The molecule has 4 rings (SSSR count). The minimum absolute atomic E-state index is 0.241. The van der Waals surface area contributed by atoms with E-state index in [4.69, 9.17) is 11.6 Å². The Hall–Kier alpha value is -2.20. The van der Waals surface area contributed by atoms with E-state index in [1.807, 2.05) is 42.7 Å². The van der Waals surface area contributed by atoms with Crippen LogP contribution in [-0.2, 0) is 4.87 Å². The highest BCUT2D eigenvalue weighted by atomic mass is 35.5. The van der Waals surface area contributed by atoms with Gasteiger partial charge >= 0.3 is 0 Å². The smallest absolute Gasteiger partial charge is 0.0867 e. The molecule has 104 valence electrons. The van der Waals surface area contributed by atoms with E-state index in [0.717, 1.165) is 35.5 Å². The zero-order valence-electron chi connectivity index (χ0n) is 11.3. The standard InChI is InChI=1S/C16H13ClN4/c17-16(6-7-16)15-5-1-4-14(20-15)12-9-19-21(11-12)13-3-2-8-18-10-13/h1-5,8-11H,6-7H2. The molecule has 1 aliphatic rings. The van der Waals surface area contributed by atoms with Gasteiger partial charge in [-0.25, -0.2) is 4.68 Å². The zero-order valence-corrected chi connectivity index (χ0v) is 12.0. The van der Waals surface area contributed by atoms with Crippen LogP contribution in [0.5, 0.6) is 0 Å². The molecule has 0 bridgehead atoms. The summed E-state index contributed by atoms with van der Waals surface area (Å²) >= 11 is 6.44. The van der Waals surface area contributed by atoms with Crippen LogP contribution in [0.3, 0.4) is 0 Å². The van der Waals surface area contributed by atoms with E-state index in [-0.39, 0.29) is 4.87 Å². The van der Waals surface area contributed by atoms with Gasteiger partial charge in [-0.3, -0.25) is 9.97 Å². The first kappa shape index (κ1) is 12.5. The van der Waals surface area contributed by atoms with E-state index < -0.39 is 0 Å². The molecule has 0 atom stereocenters. The van der Waals surface area contributed by atoms with E-state index in [0.29, 0.717) is 0 Å². The third-order valence-corrected chi connectivity index (χ3v) is 4.26. The van der Waals surface area contributed by atoms with Crippen molar-refractivity contribution >= 4 is 11.6 Å². The molecule has 1 aliphatic carbocycles. The third-order valence-electron chi connectivity index (χ3n) is 3.69. The topological polar surface area (TPSA) is 43.6 Å². The Bertz CT molecular complexity index is 778. The Morgan fingerprint density at radius 3 is 2.76 bits per heavy atom. The summed E-state index contributed by atoms with van der Waals surface area (Å²) in [7, 11) is 0. The normalized spacial score (nSPS) is 15.9. The first-order valence-electron chi connectivity index (χ1n) is 6.87. The molecule has 0 aromatic carbocycles. The molecule has 1 fully saturated rings. The van der Waals surface area contributed by atoms with Crippen LogP contribution in [0.4, 0.5) is 0 Å². The zero-order chi connectivity index (χ0) is 14.3. The number of hydrogen-bond acceptors (Lipinski definition) is 3. The van der Waals surface area contributed by atoms with Gasteiger partial charge in [-0.1, -0.05) is 6.07 Å². The summed E-state index contributed by atoms with van der Waals surface area (Å²) in [4.78, 5) is 8.55. The number of hydrogen-bond donors (Lipinski definition) is 0. The van der Waals surface area contributed by atoms with Crippen LogP contribution in [-0.4, -0.2) is 19.7 Å². The summed E-state index contributed by atoms with van der Waals surface area (Å²) in [5.41, 5.74) is 3.75. The summed E-state index contributed by atoms with van der Waals surface area (Å²) < 4.78 is 1.80. The van der Waals surface area contributed by atoms with Crippen molar-refractivity contribution in [2.24, 2.45) is 0 Å². The second-order valence-corrected chi connectivity index (χ2v) is 5.98. The van der Waals surface area contributed by atoms with Crippen LogP contribution in [0.2, 0.25) is 0 Å². The number of nitrogens with zero attached hydrogens (tertiary/aromatic N) is 4. The van der Waals surface area contributed by atoms with Gasteiger partial charge in [0.15, 0.2) is 0 Å². The molecule has 0 N–H and O–H groups in total. The molecule has 5 heteroatoms. The largest absolute Gasteiger partial charge is 0.262 e. The first-order chi connectivity index (χ1) is 10.2. The highest BCUT2D eigenvalue weighted by Gasteiger charge is 2.43. The van der Waals surface area contributed by atoms with Crippen LogP contribution in [0.15, 0.2) is 55.1 Å². The van der Waals surface area contributed by atoms with Crippen molar-refractivity contribution in [3.63, 3.8) is 0 Å². The van der Waals surface area contributed by atoms with Gasteiger partial charge < -0.3 is 0 Å². The average molecular weight is 297 g/mol. The Balaban J connectivity index is 1.70. The fraction of sp³-hybridized carbons (Fsp3) is 0.188. The Morgan fingerprint density at radius 1 is 1.10 bits per heavy atom. The predicted molar refractivity (Wildman–Crippen MR) is 81.4 cm³/mol. The lowest BCUT2D eigenvalue weighted by molar-refractivity contribution is 0.874. The van der Waals surface area contributed by atoms with E-state index in [1.165, 1.54) is 0 Å². The van der Waals surface area contributed by atoms with E-state index in [9.17, 15) is 0 Å². The summed E-state index contributed by atoms with van der Waals surface area (Å²) in [5, 5.41) is 4.37. The van der Waals surface area contributed by atoms with Crippen molar-refractivity contribution in [1.29, 1.82) is 0 Å². The van der Waals surface area contributed by atoms with Gasteiger partial charge in [0, 0.05) is 18.0 Å². The number of halogens is 1. The molecule has 0 aliphatic heterocycles. The Labute approximate surface area is 127 Å². The van der Waals surface area contributed by atoms with Gasteiger partial charge in [-0.05, 0) is 37.1 Å². The van der Waals surface area contributed by atoms with Gasteiger partial charge in [0.05, 0.1) is 34.3 Å². The van der Waals surface area contributed by atoms with E-state index in [1.54, 1.807) is 17.1 Å². The lowest BCUT2D eigenvalue weighted by Gasteiger charge is -2.06. The van der Waals surface area contributed by atoms with Gasteiger partial charge in [-0.2, -0.15) is 5.10 Å². The van der Waals surface area contributed by atoms with E-state index in [2.05, 4.69) is 15.1 Å². The molecular formula is C16H13ClN4. The Kier molecular flexibility index (Phi) is 2.79. The molecule has 0 amide bonds. The lowest BCUT2D eigenvalue weighted by Crippen LogP contribution is -2.00. The van der Waals surface area contributed by atoms with Crippen LogP contribution < -0.4 is 0 Å². The number of aromatic nitrogens is 4. The third kappa shape index (κ3) is 2.32. The number of rotatable bonds is 3. The summed E-state index contributed by atoms with van der Waals surface area (Å²) in [6, 6.07) is 9.83. The predicted octanol–water partition coefficient (Wildman–Crippen LogP) is 3.56. The quantitative estimate of drug-likeness (QED) is 0.694. The maximum absolute atomic E-state index is 6.44. The lowest BCUT2D eigenvalue weighted by atomic mass is 10.2. The van der Waals surface area contributed by atoms with Crippen molar-refractivity contribution in [3.05, 3.63) is 60.8 Å². The molecule has 3 aromatic rings. The van der Waals surface area contributed by atoms with Crippen molar-refractivity contribution in [2.45, 2.75) is 17.7 Å². The van der Waals surface area contributed by atoms with Crippen molar-refractivity contribution in [2.75, 3.05) is 0 Å². The van der Waals surface area contributed by atoms with Crippen molar-refractivity contribution in [3.8, 4) is 16.9 Å². The highest BCUT2D eigenvalue weighted by molar-refractivity contribution is 6.25. The number of pyridine rings is 2. The molecule has 4 nitrogen and oxygen atoms in total. The highest BCUT2D eigenvalue weighted by Crippen LogP contribution is 2.51. The number of alkyl halides is 1. The van der Waals surface area contributed by atoms with Gasteiger partial charge in [0.1, 0.15) is 0 Å². The monoisotopic (exact) mass is 296 g/mol. The minimum atomic E-state index is -0.241. The summed E-state index contributed by atoms with van der Waals surface area (Å²) in [5.74, 6) is 0. The van der Waals surface area contributed by atoms with Gasteiger partial charge in [0.25, 0.3) is 0 Å². The second kappa shape index (κ2) is 4.67. The fourth-order valence-electron chi connectivity index (χ4n) is 2.30. The van der Waals surface area contributed by atoms with Crippen LogP contribution in [0.25, 0.3) is 16.9 Å². The summed E-state index contributed by atoms with van der Waals surface area (Å²) in [6.45, 7) is 0. The van der Waals surface area contributed by atoms with Crippen molar-refractivity contribution < 1.29 is 0 Å². The molecule has 3 heterocycles. The Morgan fingerprint density at radius 2 is 2.00 bits per heavy atom. The molecule has 0 radical (unpaired) electrons. The minimum Gasteiger partial charge on any atom is -0.262 e. The second-order valence-electron chi connectivity index (χ2n) is 5.26. The average Bonchev–Trinajstić information content (AvgIpc) is 3.11. The molecule has 21 heavy (non-hydrogen) atoms. The van der Waals surface area contributed by atoms with Crippen molar-refractivity contribution in [1.82, 2.24) is 19.7 Å². The van der Waals surface area contributed by atoms with Gasteiger partial charge in [-0.15, -0.1) is 11.6 Å². The van der Waals surface area contributed by atoms with Crippen LogP contribution in [0, 0.1) is 0 Å². The molecular weight excluding hydrogens is 284 g/mol. The molecule has 0 unspecified atom stereocenters.